The van der Waals surface area contributed by atoms with Crippen LogP contribution in [0.1, 0.15) is 0 Å². The molecule has 2 radical (unpaired) electrons. The van der Waals surface area contributed by atoms with Crippen LogP contribution in [0.5, 0.6) is 0 Å². The van der Waals surface area contributed by atoms with Crippen LogP contribution in [0, 0.1) is 0 Å². The molecule has 0 spiro atoms. The number of nitrogens with zero attached hydrogens (tertiary/aromatic N) is 4. The van der Waals surface area contributed by atoms with Crippen molar-refractivity contribution in [3.63, 3.8) is 0 Å². The van der Waals surface area contributed by atoms with Gasteiger partial charge in [-0.05, 0) is 0 Å². The molecule has 0 unspecified atom stereocenters. The first-order valence-corrected chi connectivity index (χ1v) is 3.55. The minimum atomic E-state index is 0.669. The average Bonchev–Trinajstić information content (AvgIpc) is 2.59. The Morgan fingerprint density at radius 2 is 1.83 bits per heavy atom. The highest BCUT2D eigenvalue weighted by Gasteiger charge is 2.06. The van der Waals surface area contributed by atoms with Gasteiger partial charge in [-0.2, -0.15) is 0 Å². The van der Waals surface area contributed by atoms with Crippen LogP contribution in [-0.4, -0.2) is 27.0 Å². The molecule has 0 bridgehead atoms. The van der Waals surface area contributed by atoms with Crippen molar-refractivity contribution >= 4 is 7.98 Å². The van der Waals surface area contributed by atoms with Gasteiger partial charge in [0.15, 0.2) is 11.6 Å². The number of hydrogen-bond donors (Lipinski definition) is 0. The lowest BCUT2D eigenvalue weighted by Gasteiger charge is -2.00. The minimum absolute atomic E-state index is 0.669. The van der Waals surface area contributed by atoms with E-state index in [0.717, 1.165) is 5.82 Å². The van der Waals surface area contributed by atoms with Crippen molar-refractivity contribution in [1.29, 1.82) is 0 Å². The molecule has 58 valence electrons. The summed E-state index contributed by atoms with van der Waals surface area (Å²) in [5.41, 5.74) is 0. The SMILES string of the molecule is [B]n1ccnc1-c1nccn1C. The molecule has 4 nitrogen and oxygen atoms in total. The van der Waals surface area contributed by atoms with Gasteiger partial charge in [-0.15, -0.1) is 0 Å². The molecular weight excluding hydrogens is 151 g/mol. The summed E-state index contributed by atoms with van der Waals surface area (Å²) in [5, 5.41) is 0. The van der Waals surface area contributed by atoms with Crippen LogP contribution in [-0.2, 0) is 7.05 Å². The third-order valence-corrected chi connectivity index (χ3v) is 1.69. The van der Waals surface area contributed by atoms with E-state index in [1.54, 1.807) is 18.6 Å². The third kappa shape index (κ3) is 0.940. The van der Waals surface area contributed by atoms with Crippen molar-refractivity contribution in [3.8, 4) is 11.6 Å². The normalized spacial score (nSPS) is 10.4. The van der Waals surface area contributed by atoms with Gasteiger partial charge in [-0.1, -0.05) is 0 Å². The molecule has 0 saturated heterocycles. The molecule has 2 aromatic heterocycles. The largest absolute Gasteiger partial charge is 0.385 e. The van der Waals surface area contributed by atoms with Gasteiger partial charge < -0.3 is 9.05 Å². The number of aryl methyl sites for hydroxylation is 1. The van der Waals surface area contributed by atoms with E-state index in [4.69, 9.17) is 7.98 Å². The molecule has 2 heterocycles. The van der Waals surface area contributed by atoms with Gasteiger partial charge in [-0.25, -0.2) is 9.97 Å². The van der Waals surface area contributed by atoms with Crippen LogP contribution in [0.15, 0.2) is 24.8 Å². The summed E-state index contributed by atoms with van der Waals surface area (Å²) in [7, 11) is 7.50. The van der Waals surface area contributed by atoms with Gasteiger partial charge in [0.1, 0.15) is 0 Å². The van der Waals surface area contributed by atoms with Crippen LogP contribution < -0.4 is 0 Å². The molecule has 0 atom stereocenters. The van der Waals surface area contributed by atoms with E-state index in [2.05, 4.69) is 9.97 Å². The molecule has 0 aliphatic carbocycles. The second-order valence-corrected chi connectivity index (χ2v) is 2.52. The molecule has 0 fully saturated rings. The maximum Gasteiger partial charge on any atom is 0.236 e. The molecule has 12 heavy (non-hydrogen) atoms. The van der Waals surface area contributed by atoms with Crippen molar-refractivity contribution < 1.29 is 0 Å². The van der Waals surface area contributed by atoms with Crippen LogP contribution in [0.3, 0.4) is 0 Å². The van der Waals surface area contributed by atoms with E-state index >= 15 is 0 Å². The van der Waals surface area contributed by atoms with Gasteiger partial charge >= 0.3 is 0 Å². The molecule has 0 N–H and O–H groups in total. The first-order valence-electron chi connectivity index (χ1n) is 3.55. The summed E-state index contributed by atoms with van der Waals surface area (Å²) in [6, 6.07) is 0. The lowest BCUT2D eigenvalue weighted by molar-refractivity contribution is 0.907. The fourth-order valence-corrected chi connectivity index (χ4v) is 1.07. The number of imidazole rings is 2. The van der Waals surface area contributed by atoms with E-state index in [-0.39, 0.29) is 0 Å². The fraction of sp³-hybridized carbons (Fsp3) is 0.143. The summed E-state index contributed by atoms with van der Waals surface area (Å²) >= 11 is 0. The summed E-state index contributed by atoms with van der Waals surface area (Å²) < 4.78 is 3.31. The van der Waals surface area contributed by atoms with E-state index in [0.29, 0.717) is 5.82 Å². The maximum atomic E-state index is 5.60. The molecule has 0 aromatic carbocycles. The van der Waals surface area contributed by atoms with Gasteiger partial charge in [-0.3, -0.25) is 0 Å². The Bertz CT molecular complexity index is 351. The van der Waals surface area contributed by atoms with Crippen molar-refractivity contribution in [2.75, 3.05) is 0 Å². The lowest BCUT2D eigenvalue weighted by Crippen LogP contribution is -1.99. The molecule has 0 amide bonds. The first-order chi connectivity index (χ1) is 5.79. The molecule has 0 aliphatic rings. The Morgan fingerprint density at radius 1 is 1.17 bits per heavy atom. The Kier molecular flexibility index (Phi) is 1.50. The van der Waals surface area contributed by atoms with Crippen LogP contribution >= 0.6 is 0 Å². The van der Waals surface area contributed by atoms with Crippen molar-refractivity contribution in [3.05, 3.63) is 24.8 Å². The number of rotatable bonds is 1. The van der Waals surface area contributed by atoms with Gasteiger partial charge in [0.25, 0.3) is 0 Å². The Balaban J connectivity index is 2.57. The fourth-order valence-electron chi connectivity index (χ4n) is 1.07. The zero-order valence-corrected chi connectivity index (χ0v) is 6.68. The lowest BCUT2D eigenvalue weighted by atomic mass is 10.4. The van der Waals surface area contributed by atoms with E-state index < -0.39 is 0 Å². The van der Waals surface area contributed by atoms with Crippen LogP contribution in [0.25, 0.3) is 11.6 Å². The van der Waals surface area contributed by atoms with Gasteiger partial charge in [0.2, 0.25) is 7.98 Å². The smallest absolute Gasteiger partial charge is 0.236 e. The first kappa shape index (κ1) is 7.15. The highest BCUT2D eigenvalue weighted by Crippen LogP contribution is 2.11. The van der Waals surface area contributed by atoms with E-state index in [9.17, 15) is 0 Å². The van der Waals surface area contributed by atoms with E-state index in [1.165, 1.54) is 4.48 Å². The Labute approximate surface area is 71.3 Å². The summed E-state index contributed by atoms with van der Waals surface area (Å²) in [4.78, 5) is 8.19. The van der Waals surface area contributed by atoms with Crippen molar-refractivity contribution in [2.24, 2.45) is 7.05 Å². The van der Waals surface area contributed by atoms with Crippen molar-refractivity contribution in [2.45, 2.75) is 0 Å². The summed E-state index contributed by atoms with van der Waals surface area (Å²) in [5.74, 6) is 1.44. The third-order valence-electron chi connectivity index (χ3n) is 1.69. The quantitative estimate of drug-likeness (QED) is 0.556. The minimum Gasteiger partial charge on any atom is -0.385 e. The number of hydrogen-bond acceptors (Lipinski definition) is 2. The number of aromatic nitrogens is 4. The maximum absolute atomic E-state index is 5.60. The zero-order chi connectivity index (χ0) is 8.55. The molecule has 0 aliphatic heterocycles. The van der Waals surface area contributed by atoms with Gasteiger partial charge in [0, 0.05) is 31.8 Å². The highest BCUT2D eigenvalue weighted by molar-refractivity contribution is 6.08. The standard InChI is InChI=1S/C7H7BN4/c1-11-4-2-9-6(11)7-10-3-5-12(7)8/h2-5H,1H3. The summed E-state index contributed by atoms with van der Waals surface area (Å²) in [6.45, 7) is 0. The zero-order valence-electron chi connectivity index (χ0n) is 6.68. The molecule has 0 saturated carbocycles. The highest BCUT2D eigenvalue weighted by atomic mass is 15.1. The predicted molar refractivity (Wildman–Crippen MR) is 45.6 cm³/mol. The Hall–Kier alpha value is -1.52. The molecule has 2 aromatic rings. The molecule has 2 rings (SSSR count). The topological polar surface area (TPSA) is 35.6 Å². The summed E-state index contributed by atoms with van der Waals surface area (Å²) in [6.07, 6.45) is 6.89. The van der Waals surface area contributed by atoms with Crippen LogP contribution in [0.2, 0.25) is 0 Å². The average molecular weight is 158 g/mol. The van der Waals surface area contributed by atoms with Crippen molar-refractivity contribution in [1.82, 2.24) is 19.0 Å². The second-order valence-electron chi connectivity index (χ2n) is 2.52. The van der Waals surface area contributed by atoms with Crippen LogP contribution in [0.4, 0.5) is 0 Å². The Morgan fingerprint density at radius 3 is 2.33 bits per heavy atom. The molecular formula is C7H7BN4. The second kappa shape index (κ2) is 2.51. The monoisotopic (exact) mass is 158 g/mol. The molecule has 5 heteroatoms. The van der Waals surface area contributed by atoms with Gasteiger partial charge in [0.05, 0.1) is 0 Å². The van der Waals surface area contributed by atoms with E-state index in [1.807, 2.05) is 17.8 Å². The predicted octanol–water partition coefficient (Wildman–Crippen LogP) is 0.215.